The van der Waals surface area contributed by atoms with Crippen molar-refractivity contribution in [2.24, 2.45) is 12.5 Å². The molecule has 0 bridgehead atoms. The van der Waals surface area contributed by atoms with Gasteiger partial charge in [0.2, 0.25) is 0 Å². The Morgan fingerprint density at radius 1 is 1.53 bits per heavy atom. The molecule has 2 aromatic rings. The molecule has 3 rings (SSSR count). The number of hydrogen-bond acceptors (Lipinski definition) is 4. The number of Topliss-reactive ketones (excluding diaryl/α,β-unsaturated/α-hetero) is 1. The van der Waals surface area contributed by atoms with E-state index in [-0.39, 0.29) is 19.0 Å². The Morgan fingerprint density at radius 2 is 2.26 bits per heavy atom. The van der Waals surface area contributed by atoms with E-state index in [2.05, 4.69) is 11.1 Å². The van der Waals surface area contributed by atoms with Crippen LogP contribution in [0.25, 0.3) is 11.0 Å². The number of rotatable bonds is 2. The highest BCUT2D eigenvalue weighted by Gasteiger charge is 2.46. The largest absolute Gasteiger partial charge is 0.377 e. The Labute approximate surface area is 110 Å². The molecule has 0 atom stereocenters. The first-order valence-electron chi connectivity index (χ1n) is 6.04. The number of nitriles is 1. The molecule has 0 radical (unpaired) electrons. The zero-order valence-electron chi connectivity index (χ0n) is 10.8. The zero-order valence-corrected chi connectivity index (χ0v) is 10.8. The Hall–Kier alpha value is -2.19. The van der Waals surface area contributed by atoms with Gasteiger partial charge in [-0.15, -0.1) is 0 Å². The van der Waals surface area contributed by atoms with Crippen LogP contribution >= 0.6 is 0 Å². The smallest absolute Gasteiger partial charge is 0.187 e. The SMILES string of the molecule is Cc1nc2cc(C(=O)C3(C#N)COC3)ccc2n1C. The van der Waals surface area contributed by atoms with Crippen molar-refractivity contribution in [1.29, 1.82) is 5.26 Å². The number of carbonyl (C=O) groups is 1. The molecule has 2 heterocycles. The van der Waals surface area contributed by atoms with E-state index in [1.165, 1.54) is 0 Å². The van der Waals surface area contributed by atoms with E-state index in [0.717, 1.165) is 16.9 Å². The lowest BCUT2D eigenvalue weighted by Crippen LogP contribution is -2.47. The van der Waals surface area contributed by atoms with Crippen LogP contribution in [0.4, 0.5) is 0 Å². The molecule has 1 aromatic heterocycles. The first kappa shape index (κ1) is 11.9. The first-order chi connectivity index (χ1) is 9.07. The molecule has 0 unspecified atom stereocenters. The number of carbonyl (C=O) groups excluding carboxylic acids is 1. The summed E-state index contributed by atoms with van der Waals surface area (Å²) < 4.78 is 6.99. The highest BCUT2D eigenvalue weighted by Crippen LogP contribution is 2.31. The summed E-state index contributed by atoms with van der Waals surface area (Å²) in [6, 6.07) is 7.45. The van der Waals surface area contributed by atoms with Crippen LogP contribution in [-0.2, 0) is 11.8 Å². The standard InChI is InChI=1S/C14H13N3O2/c1-9-16-11-5-10(3-4-12(11)17(9)2)13(18)14(6-15)7-19-8-14/h3-5H,7-8H2,1-2H3. The predicted molar refractivity (Wildman–Crippen MR) is 68.6 cm³/mol. The number of nitrogens with zero attached hydrogens (tertiary/aromatic N) is 3. The van der Waals surface area contributed by atoms with E-state index in [9.17, 15) is 4.79 Å². The molecule has 0 saturated carbocycles. The van der Waals surface area contributed by atoms with Gasteiger partial charge in [0.05, 0.1) is 30.3 Å². The Bertz CT molecular complexity index is 720. The van der Waals surface area contributed by atoms with Crippen molar-refractivity contribution in [1.82, 2.24) is 9.55 Å². The normalized spacial score (nSPS) is 16.9. The van der Waals surface area contributed by atoms with E-state index in [1.807, 2.05) is 24.6 Å². The number of hydrogen-bond donors (Lipinski definition) is 0. The third kappa shape index (κ3) is 1.57. The van der Waals surface area contributed by atoms with Crippen LogP contribution in [0, 0.1) is 23.7 Å². The van der Waals surface area contributed by atoms with Crippen LogP contribution in [0.1, 0.15) is 16.2 Å². The highest BCUT2D eigenvalue weighted by molar-refractivity contribution is 6.04. The molecule has 1 aromatic carbocycles. The molecule has 1 aliphatic rings. The molecule has 1 fully saturated rings. The molecule has 96 valence electrons. The van der Waals surface area contributed by atoms with E-state index in [4.69, 9.17) is 10.00 Å². The second-order valence-corrected chi connectivity index (χ2v) is 4.94. The number of aryl methyl sites for hydroxylation is 2. The van der Waals surface area contributed by atoms with Gasteiger partial charge >= 0.3 is 0 Å². The van der Waals surface area contributed by atoms with Gasteiger partial charge in [-0.05, 0) is 25.1 Å². The van der Waals surface area contributed by atoms with Gasteiger partial charge in [0.15, 0.2) is 11.2 Å². The summed E-state index contributed by atoms with van der Waals surface area (Å²) in [6.07, 6.45) is 0. The Kier molecular flexibility index (Phi) is 2.44. The minimum atomic E-state index is -1.00. The van der Waals surface area contributed by atoms with Crippen LogP contribution in [-0.4, -0.2) is 28.5 Å². The van der Waals surface area contributed by atoms with Crippen molar-refractivity contribution in [3.8, 4) is 6.07 Å². The third-order valence-corrected chi connectivity index (χ3v) is 3.71. The molecule has 19 heavy (non-hydrogen) atoms. The molecular formula is C14H13N3O2. The van der Waals surface area contributed by atoms with Crippen molar-refractivity contribution >= 4 is 16.8 Å². The molecule has 0 amide bonds. The first-order valence-corrected chi connectivity index (χ1v) is 6.04. The fourth-order valence-corrected chi connectivity index (χ4v) is 2.29. The summed E-state index contributed by atoms with van der Waals surface area (Å²) in [5.74, 6) is 0.716. The van der Waals surface area contributed by atoms with Crippen molar-refractivity contribution < 1.29 is 9.53 Å². The van der Waals surface area contributed by atoms with Gasteiger partial charge < -0.3 is 9.30 Å². The molecule has 0 aliphatic carbocycles. The van der Waals surface area contributed by atoms with Gasteiger partial charge in [-0.1, -0.05) is 0 Å². The summed E-state index contributed by atoms with van der Waals surface area (Å²) in [5.41, 5.74) is 1.27. The van der Waals surface area contributed by atoms with E-state index in [1.54, 1.807) is 12.1 Å². The number of ether oxygens (including phenoxy) is 1. The summed E-state index contributed by atoms with van der Waals surface area (Å²) in [6.45, 7) is 2.28. The van der Waals surface area contributed by atoms with Crippen molar-refractivity contribution in [3.63, 3.8) is 0 Å². The number of ketones is 1. The zero-order chi connectivity index (χ0) is 13.6. The minimum absolute atomic E-state index is 0.175. The van der Waals surface area contributed by atoms with Gasteiger partial charge in [-0.2, -0.15) is 5.26 Å². The van der Waals surface area contributed by atoms with E-state index < -0.39 is 5.41 Å². The van der Waals surface area contributed by atoms with E-state index >= 15 is 0 Å². The molecule has 1 saturated heterocycles. The fourth-order valence-electron chi connectivity index (χ4n) is 2.29. The monoisotopic (exact) mass is 255 g/mol. The lowest BCUT2D eigenvalue weighted by molar-refractivity contribution is -0.0566. The second kappa shape index (κ2) is 3.90. The molecule has 5 heteroatoms. The summed E-state index contributed by atoms with van der Waals surface area (Å²) in [5, 5.41) is 9.16. The third-order valence-electron chi connectivity index (χ3n) is 3.71. The summed E-state index contributed by atoms with van der Waals surface area (Å²) in [4.78, 5) is 16.8. The molecule has 0 N–H and O–H groups in total. The van der Waals surface area contributed by atoms with Crippen LogP contribution < -0.4 is 0 Å². The van der Waals surface area contributed by atoms with Crippen molar-refractivity contribution in [3.05, 3.63) is 29.6 Å². The predicted octanol–water partition coefficient (Wildman–Crippen LogP) is 1.60. The molecule has 1 aliphatic heterocycles. The fraction of sp³-hybridized carbons (Fsp3) is 0.357. The number of imidazole rings is 1. The Morgan fingerprint density at radius 3 is 2.84 bits per heavy atom. The average molecular weight is 255 g/mol. The second-order valence-electron chi connectivity index (χ2n) is 4.94. The average Bonchev–Trinajstić information content (AvgIpc) is 2.64. The maximum absolute atomic E-state index is 12.4. The summed E-state index contributed by atoms with van der Waals surface area (Å²) in [7, 11) is 1.93. The van der Waals surface area contributed by atoms with Crippen LogP contribution in [0.3, 0.4) is 0 Å². The van der Waals surface area contributed by atoms with Gasteiger partial charge in [0.25, 0.3) is 0 Å². The maximum Gasteiger partial charge on any atom is 0.187 e. The van der Waals surface area contributed by atoms with Crippen LogP contribution in [0.5, 0.6) is 0 Å². The molecular weight excluding hydrogens is 242 g/mol. The van der Waals surface area contributed by atoms with Crippen molar-refractivity contribution in [2.75, 3.05) is 13.2 Å². The van der Waals surface area contributed by atoms with E-state index in [0.29, 0.717) is 5.56 Å². The summed E-state index contributed by atoms with van der Waals surface area (Å²) >= 11 is 0. The lowest BCUT2D eigenvalue weighted by Gasteiger charge is -2.33. The Balaban J connectivity index is 2.07. The van der Waals surface area contributed by atoms with Crippen LogP contribution in [0.2, 0.25) is 0 Å². The van der Waals surface area contributed by atoms with Gasteiger partial charge in [-0.25, -0.2) is 4.98 Å². The van der Waals surface area contributed by atoms with Crippen molar-refractivity contribution in [2.45, 2.75) is 6.92 Å². The topological polar surface area (TPSA) is 67.9 Å². The lowest BCUT2D eigenvalue weighted by atomic mass is 9.80. The van der Waals surface area contributed by atoms with Gasteiger partial charge in [0.1, 0.15) is 5.82 Å². The number of aromatic nitrogens is 2. The molecule has 5 nitrogen and oxygen atoms in total. The number of benzene rings is 1. The minimum Gasteiger partial charge on any atom is -0.377 e. The molecule has 0 spiro atoms. The van der Waals surface area contributed by atoms with Gasteiger partial charge in [0, 0.05) is 12.6 Å². The maximum atomic E-state index is 12.4. The quantitative estimate of drug-likeness (QED) is 0.764. The number of fused-ring (bicyclic) bond motifs is 1. The van der Waals surface area contributed by atoms with Crippen LogP contribution in [0.15, 0.2) is 18.2 Å². The van der Waals surface area contributed by atoms with Gasteiger partial charge in [-0.3, -0.25) is 4.79 Å². The highest BCUT2D eigenvalue weighted by atomic mass is 16.5.